The number of thiazole rings is 1. The Kier molecular flexibility index (Phi) is 6.32. The fraction of sp³-hybridized carbons (Fsp3) is 0.318. The van der Waals surface area contributed by atoms with Crippen LogP contribution >= 0.6 is 22.9 Å². The van der Waals surface area contributed by atoms with Crippen molar-refractivity contribution in [3.05, 3.63) is 70.2 Å². The van der Waals surface area contributed by atoms with Crippen LogP contribution in [0, 0.1) is 0 Å². The molecule has 0 atom stereocenters. The molecule has 158 valence electrons. The first kappa shape index (κ1) is 21.2. The number of halogens is 1. The normalized spacial score (nSPS) is 15.3. The standard InChI is InChI=1S/C22H23ClN2O3S2/c1-28-19-6-2-4-16(13-19)12-18-15-29-22(24-18)25-10-8-20(9-11-25)30(26,27)21-7-3-5-17(23)14-21/h2-7,13-15,20H,8-12H2,1H3. The Labute approximate surface area is 186 Å². The quantitative estimate of drug-likeness (QED) is 0.524. The third-order valence-corrected chi connectivity index (χ3v) is 8.78. The first-order valence-electron chi connectivity index (χ1n) is 9.77. The SMILES string of the molecule is COc1cccc(Cc2csc(N3CCC(S(=O)(=O)c4cccc(Cl)c4)CC3)n2)c1. The molecule has 0 amide bonds. The van der Waals surface area contributed by atoms with Crippen LogP contribution < -0.4 is 9.64 Å². The lowest BCUT2D eigenvalue weighted by Crippen LogP contribution is -2.39. The molecule has 4 rings (SSSR count). The number of piperidine rings is 1. The van der Waals surface area contributed by atoms with Crippen molar-refractivity contribution < 1.29 is 13.2 Å². The molecular formula is C22H23ClN2O3S2. The number of hydrogen-bond acceptors (Lipinski definition) is 6. The highest BCUT2D eigenvalue weighted by Gasteiger charge is 2.32. The number of benzene rings is 2. The topological polar surface area (TPSA) is 59.5 Å². The van der Waals surface area contributed by atoms with Crippen molar-refractivity contribution in [2.75, 3.05) is 25.1 Å². The molecular weight excluding hydrogens is 440 g/mol. The molecule has 8 heteroatoms. The van der Waals surface area contributed by atoms with Crippen LogP contribution in [0.25, 0.3) is 0 Å². The van der Waals surface area contributed by atoms with Crippen molar-refractivity contribution in [3.8, 4) is 5.75 Å². The van der Waals surface area contributed by atoms with Gasteiger partial charge in [-0.05, 0) is 48.7 Å². The molecule has 0 N–H and O–H groups in total. The molecule has 0 bridgehead atoms. The van der Waals surface area contributed by atoms with Crippen molar-refractivity contribution in [3.63, 3.8) is 0 Å². The minimum atomic E-state index is -3.37. The molecule has 2 aromatic carbocycles. The molecule has 0 unspecified atom stereocenters. The second-order valence-electron chi connectivity index (χ2n) is 7.34. The Balaban J connectivity index is 1.40. The van der Waals surface area contributed by atoms with E-state index in [-0.39, 0.29) is 5.25 Å². The Bertz CT molecular complexity index is 1120. The zero-order valence-corrected chi connectivity index (χ0v) is 19.0. The summed E-state index contributed by atoms with van der Waals surface area (Å²) in [6.45, 7) is 1.35. The number of nitrogens with zero attached hydrogens (tertiary/aromatic N) is 2. The maximum atomic E-state index is 12.9. The van der Waals surface area contributed by atoms with E-state index in [0.29, 0.717) is 35.8 Å². The highest BCUT2D eigenvalue weighted by Crippen LogP contribution is 2.30. The van der Waals surface area contributed by atoms with Crippen LogP contribution in [0.4, 0.5) is 5.13 Å². The molecule has 1 aliphatic rings. The Morgan fingerprint density at radius 2 is 1.93 bits per heavy atom. The van der Waals surface area contributed by atoms with E-state index in [9.17, 15) is 8.42 Å². The van der Waals surface area contributed by atoms with E-state index < -0.39 is 9.84 Å². The van der Waals surface area contributed by atoms with Gasteiger partial charge in [-0.1, -0.05) is 29.8 Å². The first-order valence-corrected chi connectivity index (χ1v) is 12.6. The Morgan fingerprint density at radius 1 is 1.17 bits per heavy atom. The minimum absolute atomic E-state index is 0.309. The van der Waals surface area contributed by atoms with Gasteiger partial charge in [0.25, 0.3) is 0 Å². The fourth-order valence-corrected chi connectivity index (χ4v) is 6.62. The van der Waals surface area contributed by atoms with E-state index >= 15 is 0 Å². The van der Waals surface area contributed by atoms with Gasteiger partial charge in [0.05, 0.1) is 22.9 Å². The van der Waals surface area contributed by atoms with Crippen molar-refractivity contribution in [1.29, 1.82) is 0 Å². The van der Waals surface area contributed by atoms with E-state index in [0.717, 1.165) is 28.6 Å². The molecule has 5 nitrogen and oxygen atoms in total. The highest BCUT2D eigenvalue weighted by molar-refractivity contribution is 7.92. The third kappa shape index (κ3) is 4.63. The molecule has 1 aromatic heterocycles. The monoisotopic (exact) mass is 462 g/mol. The lowest BCUT2D eigenvalue weighted by molar-refractivity contribution is 0.414. The molecule has 1 aliphatic heterocycles. The van der Waals surface area contributed by atoms with E-state index in [4.69, 9.17) is 21.3 Å². The zero-order chi connectivity index (χ0) is 21.1. The average Bonchev–Trinajstić information content (AvgIpc) is 3.22. The van der Waals surface area contributed by atoms with Crippen molar-refractivity contribution in [2.45, 2.75) is 29.4 Å². The number of rotatable bonds is 6. The van der Waals surface area contributed by atoms with Crippen LogP contribution in [-0.4, -0.2) is 38.9 Å². The summed E-state index contributed by atoms with van der Waals surface area (Å²) in [6.07, 6.45) is 1.91. The number of sulfone groups is 1. The van der Waals surface area contributed by atoms with E-state index in [1.54, 1.807) is 36.6 Å². The van der Waals surface area contributed by atoms with Gasteiger partial charge in [0, 0.05) is 29.9 Å². The van der Waals surface area contributed by atoms with E-state index in [1.165, 1.54) is 6.07 Å². The Hall–Kier alpha value is -2.09. The zero-order valence-electron chi connectivity index (χ0n) is 16.6. The van der Waals surface area contributed by atoms with E-state index in [2.05, 4.69) is 16.3 Å². The molecule has 0 saturated carbocycles. The van der Waals surface area contributed by atoms with Crippen LogP contribution in [0.1, 0.15) is 24.1 Å². The van der Waals surface area contributed by atoms with Gasteiger partial charge in [0.15, 0.2) is 15.0 Å². The predicted molar refractivity (Wildman–Crippen MR) is 122 cm³/mol. The van der Waals surface area contributed by atoms with Crippen molar-refractivity contribution in [2.24, 2.45) is 0 Å². The first-order chi connectivity index (χ1) is 14.5. The number of ether oxygens (including phenoxy) is 1. The second kappa shape index (κ2) is 8.96. The molecule has 2 heterocycles. The lowest BCUT2D eigenvalue weighted by Gasteiger charge is -2.31. The molecule has 1 saturated heterocycles. The summed E-state index contributed by atoms with van der Waals surface area (Å²) in [6, 6.07) is 14.5. The van der Waals surface area contributed by atoms with Gasteiger partial charge in [-0.15, -0.1) is 11.3 Å². The number of methoxy groups -OCH3 is 1. The number of anilines is 1. The maximum Gasteiger partial charge on any atom is 0.185 e. The summed E-state index contributed by atoms with van der Waals surface area (Å²) in [5, 5.41) is 3.08. The van der Waals surface area contributed by atoms with Gasteiger partial charge >= 0.3 is 0 Å². The van der Waals surface area contributed by atoms with E-state index in [1.807, 2.05) is 18.2 Å². The van der Waals surface area contributed by atoms with Gasteiger partial charge in [0.1, 0.15) is 5.75 Å². The largest absolute Gasteiger partial charge is 0.497 e. The van der Waals surface area contributed by atoms with Gasteiger partial charge in [-0.25, -0.2) is 13.4 Å². The Morgan fingerprint density at radius 3 is 2.67 bits per heavy atom. The van der Waals surface area contributed by atoms with Gasteiger partial charge < -0.3 is 9.64 Å². The molecule has 0 radical (unpaired) electrons. The lowest BCUT2D eigenvalue weighted by atomic mass is 10.1. The van der Waals surface area contributed by atoms with Crippen molar-refractivity contribution >= 4 is 37.9 Å². The third-order valence-electron chi connectivity index (χ3n) is 5.33. The predicted octanol–water partition coefficient (Wildman–Crippen LogP) is 4.84. The summed E-state index contributed by atoms with van der Waals surface area (Å²) in [4.78, 5) is 7.27. The molecule has 30 heavy (non-hydrogen) atoms. The number of hydrogen-bond donors (Lipinski definition) is 0. The van der Waals surface area contributed by atoms with Crippen LogP contribution in [0.15, 0.2) is 58.8 Å². The fourth-order valence-electron chi connectivity index (χ4n) is 3.71. The highest BCUT2D eigenvalue weighted by atomic mass is 35.5. The number of aromatic nitrogens is 1. The van der Waals surface area contributed by atoms with Crippen LogP contribution in [0.3, 0.4) is 0 Å². The molecule has 3 aromatic rings. The van der Waals surface area contributed by atoms with Crippen LogP contribution in [0.5, 0.6) is 5.75 Å². The average molecular weight is 463 g/mol. The minimum Gasteiger partial charge on any atom is -0.497 e. The van der Waals surface area contributed by atoms with Gasteiger partial charge in [-0.2, -0.15) is 0 Å². The summed E-state index contributed by atoms with van der Waals surface area (Å²) in [7, 11) is -1.71. The van der Waals surface area contributed by atoms with Crippen LogP contribution in [0.2, 0.25) is 5.02 Å². The molecule has 0 spiro atoms. The molecule has 1 fully saturated rings. The summed E-state index contributed by atoms with van der Waals surface area (Å²) < 4.78 is 31.2. The van der Waals surface area contributed by atoms with Crippen molar-refractivity contribution in [1.82, 2.24) is 4.98 Å². The van der Waals surface area contributed by atoms with Gasteiger partial charge in [-0.3, -0.25) is 0 Å². The summed E-state index contributed by atoms with van der Waals surface area (Å²) >= 11 is 7.59. The summed E-state index contributed by atoms with van der Waals surface area (Å²) in [5.41, 5.74) is 2.16. The van der Waals surface area contributed by atoms with Crippen LogP contribution in [-0.2, 0) is 16.3 Å². The molecule has 0 aliphatic carbocycles. The summed E-state index contributed by atoms with van der Waals surface area (Å²) in [5.74, 6) is 0.839. The second-order valence-corrected chi connectivity index (χ2v) is 10.8. The van der Waals surface area contributed by atoms with Gasteiger partial charge in [0.2, 0.25) is 0 Å². The smallest absolute Gasteiger partial charge is 0.185 e. The maximum absolute atomic E-state index is 12.9.